The normalized spacial score (nSPS) is 13.2. The van der Waals surface area contributed by atoms with E-state index in [0.717, 1.165) is 32.7 Å². The van der Waals surface area contributed by atoms with Gasteiger partial charge < -0.3 is 15.2 Å². The molecule has 0 saturated carbocycles. The lowest BCUT2D eigenvalue weighted by Crippen LogP contribution is -2.26. The summed E-state index contributed by atoms with van der Waals surface area (Å²) in [4.78, 5) is 0. The number of ether oxygens (including phenoxy) is 1. The number of unbranched alkanes of at least 4 members (excludes halogenated alkanes) is 1. The van der Waals surface area contributed by atoms with Crippen molar-refractivity contribution in [2.24, 2.45) is 5.92 Å². The van der Waals surface area contributed by atoms with E-state index in [1.165, 1.54) is 6.42 Å². The molecular weight excluding hydrogens is 166 g/mol. The Kier molecular flexibility index (Phi) is 9.87. The molecule has 3 nitrogen and oxygen atoms in total. The Bertz CT molecular complexity index is 98.9. The van der Waals surface area contributed by atoms with Gasteiger partial charge in [0.05, 0.1) is 6.61 Å². The highest BCUT2D eigenvalue weighted by Crippen LogP contribution is 1.89. The smallest absolute Gasteiger partial charge is 0.0590 e. The zero-order valence-corrected chi connectivity index (χ0v) is 8.88. The van der Waals surface area contributed by atoms with E-state index >= 15 is 0 Å². The molecule has 0 bridgehead atoms. The molecule has 0 amide bonds. The van der Waals surface area contributed by atoms with E-state index in [9.17, 15) is 0 Å². The van der Waals surface area contributed by atoms with Crippen molar-refractivity contribution >= 4 is 0 Å². The Morgan fingerprint density at radius 1 is 1.38 bits per heavy atom. The Hall–Kier alpha value is -0.120. The van der Waals surface area contributed by atoms with Crippen molar-refractivity contribution in [3.05, 3.63) is 0 Å². The molecule has 0 heterocycles. The van der Waals surface area contributed by atoms with E-state index in [-0.39, 0.29) is 6.61 Å². The molecule has 0 aliphatic heterocycles. The molecule has 3 heteroatoms. The summed E-state index contributed by atoms with van der Waals surface area (Å²) >= 11 is 0. The number of aliphatic hydroxyl groups is 1. The largest absolute Gasteiger partial charge is 0.396 e. The van der Waals surface area contributed by atoms with E-state index in [0.29, 0.717) is 5.92 Å². The third-order valence-corrected chi connectivity index (χ3v) is 1.87. The topological polar surface area (TPSA) is 41.5 Å². The predicted octanol–water partition coefficient (Wildman–Crippen LogP) is 1.02. The van der Waals surface area contributed by atoms with Gasteiger partial charge in [0.1, 0.15) is 0 Å². The van der Waals surface area contributed by atoms with Gasteiger partial charge in [-0.3, -0.25) is 0 Å². The maximum atomic E-state index is 8.74. The average molecular weight is 189 g/mol. The molecule has 0 aromatic carbocycles. The first-order chi connectivity index (χ1) is 6.31. The molecule has 0 rings (SSSR count). The van der Waals surface area contributed by atoms with E-state index in [2.05, 4.69) is 12.2 Å². The first-order valence-electron chi connectivity index (χ1n) is 5.20. The van der Waals surface area contributed by atoms with Crippen LogP contribution in [0.4, 0.5) is 0 Å². The number of nitrogens with one attached hydrogen (secondary N) is 1. The molecule has 80 valence electrons. The van der Waals surface area contributed by atoms with Crippen LogP contribution in [0.2, 0.25) is 0 Å². The van der Waals surface area contributed by atoms with E-state index in [4.69, 9.17) is 9.84 Å². The second-order valence-electron chi connectivity index (χ2n) is 3.46. The second kappa shape index (κ2) is 9.96. The number of aliphatic hydroxyl groups excluding tert-OH is 1. The summed E-state index contributed by atoms with van der Waals surface area (Å²) in [5.41, 5.74) is 0. The quantitative estimate of drug-likeness (QED) is 0.532. The standard InChI is InChI=1S/C10H23NO2/c1-3-4-6-13-7-5-11-8-10(2)9-12/h10-12H,3-9H2,1-2H3. The van der Waals surface area contributed by atoms with Crippen LogP contribution in [-0.4, -0.2) is 38.0 Å². The van der Waals surface area contributed by atoms with Crippen LogP contribution in [0.5, 0.6) is 0 Å². The third kappa shape index (κ3) is 9.80. The van der Waals surface area contributed by atoms with Crippen molar-refractivity contribution in [3.63, 3.8) is 0 Å². The van der Waals surface area contributed by atoms with Gasteiger partial charge in [-0.1, -0.05) is 20.3 Å². The van der Waals surface area contributed by atoms with Crippen LogP contribution in [0.15, 0.2) is 0 Å². The molecular formula is C10H23NO2. The van der Waals surface area contributed by atoms with Gasteiger partial charge in [0.2, 0.25) is 0 Å². The number of hydrogen-bond acceptors (Lipinski definition) is 3. The fourth-order valence-corrected chi connectivity index (χ4v) is 0.906. The molecule has 1 atom stereocenters. The molecule has 0 saturated heterocycles. The number of rotatable bonds is 9. The van der Waals surface area contributed by atoms with E-state index in [1.54, 1.807) is 0 Å². The highest BCUT2D eigenvalue weighted by molar-refractivity contribution is 4.54. The van der Waals surface area contributed by atoms with Crippen molar-refractivity contribution in [2.45, 2.75) is 26.7 Å². The molecule has 0 aliphatic rings. The van der Waals surface area contributed by atoms with Crippen LogP contribution in [0.25, 0.3) is 0 Å². The summed E-state index contributed by atoms with van der Waals surface area (Å²) in [6.45, 7) is 7.83. The summed E-state index contributed by atoms with van der Waals surface area (Å²) < 4.78 is 5.36. The van der Waals surface area contributed by atoms with Crippen LogP contribution in [0, 0.1) is 5.92 Å². The van der Waals surface area contributed by atoms with E-state index < -0.39 is 0 Å². The highest BCUT2D eigenvalue weighted by atomic mass is 16.5. The minimum Gasteiger partial charge on any atom is -0.396 e. The molecule has 0 aromatic rings. The minimum atomic E-state index is 0.254. The van der Waals surface area contributed by atoms with Crippen LogP contribution >= 0.6 is 0 Å². The second-order valence-corrected chi connectivity index (χ2v) is 3.46. The maximum absolute atomic E-state index is 8.74. The van der Waals surface area contributed by atoms with Gasteiger partial charge in [0.15, 0.2) is 0 Å². The number of hydrogen-bond donors (Lipinski definition) is 2. The SMILES string of the molecule is CCCCOCCNCC(C)CO. The highest BCUT2D eigenvalue weighted by Gasteiger charge is 1.97. The lowest BCUT2D eigenvalue weighted by atomic mass is 10.2. The van der Waals surface area contributed by atoms with Crippen LogP contribution < -0.4 is 5.32 Å². The summed E-state index contributed by atoms with van der Waals surface area (Å²) in [5.74, 6) is 0.343. The molecule has 0 spiro atoms. The summed E-state index contributed by atoms with van der Waals surface area (Å²) in [6, 6.07) is 0. The fraction of sp³-hybridized carbons (Fsp3) is 1.00. The first kappa shape index (κ1) is 12.9. The molecule has 0 aromatic heterocycles. The van der Waals surface area contributed by atoms with Gasteiger partial charge in [0, 0.05) is 19.8 Å². The van der Waals surface area contributed by atoms with Crippen LogP contribution in [0.3, 0.4) is 0 Å². The predicted molar refractivity (Wildman–Crippen MR) is 54.8 cm³/mol. The third-order valence-electron chi connectivity index (χ3n) is 1.87. The summed E-state index contributed by atoms with van der Waals surface area (Å²) in [7, 11) is 0. The fourth-order valence-electron chi connectivity index (χ4n) is 0.906. The van der Waals surface area contributed by atoms with Gasteiger partial charge in [-0.25, -0.2) is 0 Å². The van der Waals surface area contributed by atoms with Gasteiger partial charge >= 0.3 is 0 Å². The van der Waals surface area contributed by atoms with Crippen LogP contribution in [0.1, 0.15) is 26.7 Å². The molecule has 0 aliphatic carbocycles. The minimum absolute atomic E-state index is 0.254. The summed E-state index contributed by atoms with van der Waals surface area (Å²) in [6.07, 6.45) is 2.34. The van der Waals surface area contributed by atoms with Gasteiger partial charge in [0.25, 0.3) is 0 Å². The van der Waals surface area contributed by atoms with E-state index in [1.807, 2.05) is 6.92 Å². The van der Waals surface area contributed by atoms with Crippen molar-refractivity contribution in [1.29, 1.82) is 0 Å². The first-order valence-corrected chi connectivity index (χ1v) is 5.20. The van der Waals surface area contributed by atoms with Crippen LogP contribution in [-0.2, 0) is 4.74 Å². The zero-order chi connectivity index (χ0) is 9.94. The molecule has 0 radical (unpaired) electrons. The van der Waals surface area contributed by atoms with Gasteiger partial charge in [-0.15, -0.1) is 0 Å². The Labute approximate surface area is 81.5 Å². The average Bonchev–Trinajstić information content (AvgIpc) is 2.16. The molecule has 2 N–H and O–H groups in total. The van der Waals surface area contributed by atoms with Crippen molar-refractivity contribution in [2.75, 3.05) is 32.9 Å². The summed E-state index contributed by atoms with van der Waals surface area (Å²) in [5, 5.41) is 12.0. The van der Waals surface area contributed by atoms with Crippen molar-refractivity contribution < 1.29 is 9.84 Å². The Morgan fingerprint density at radius 3 is 2.77 bits per heavy atom. The van der Waals surface area contributed by atoms with Gasteiger partial charge in [-0.2, -0.15) is 0 Å². The molecule has 1 unspecified atom stereocenters. The molecule has 0 fully saturated rings. The lowest BCUT2D eigenvalue weighted by molar-refractivity contribution is 0.131. The maximum Gasteiger partial charge on any atom is 0.0590 e. The monoisotopic (exact) mass is 189 g/mol. The Morgan fingerprint density at radius 2 is 2.15 bits per heavy atom. The molecule has 13 heavy (non-hydrogen) atoms. The zero-order valence-electron chi connectivity index (χ0n) is 8.88. The van der Waals surface area contributed by atoms with Crippen molar-refractivity contribution in [1.82, 2.24) is 5.32 Å². The lowest BCUT2D eigenvalue weighted by Gasteiger charge is -2.09. The Balaban J connectivity index is 2.91. The van der Waals surface area contributed by atoms with Crippen molar-refractivity contribution in [3.8, 4) is 0 Å². The van der Waals surface area contributed by atoms with Gasteiger partial charge in [-0.05, 0) is 18.9 Å².